The first-order valence-corrected chi connectivity index (χ1v) is 7.75. The molecule has 0 spiro atoms. The maximum atomic E-state index is 12.3. The van der Waals surface area contributed by atoms with Gasteiger partial charge in [0.1, 0.15) is 17.4 Å². The van der Waals surface area contributed by atoms with Crippen molar-refractivity contribution in [2.75, 3.05) is 12.4 Å². The number of halogens is 1. The number of rotatable bonds is 5. The number of hydrogen-bond acceptors (Lipinski definition) is 5. The van der Waals surface area contributed by atoms with Crippen molar-refractivity contribution in [1.29, 1.82) is 5.26 Å². The summed E-state index contributed by atoms with van der Waals surface area (Å²) in [4.78, 5) is 22.4. The number of non-ortho nitro benzene ring substituents is 1. The number of nitriles is 1. The molecule has 2 aromatic rings. The number of amides is 1. The summed E-state index contributed by atoms with van der Waals surface area (Å²) >= 11 is 3.16. The van der Waals surface area contributed by atoms with E-state index in [1.807, 2.05) is 6.07 Å². The van der Waals surface area contributed by atoms with Gasteiger partial charge in [-0.1, -0.05) is 12.1 Å². The van der Waals surface area contributed by atoms with E-state index >= 15 is 0 Å². The molecule has 0 aliphatic heterocycles. The van der Waals surface area contributed by atoms with Crippen LogP contribution in [0.1, 0.15) is 5.56 Å². The molecule has 0 atom stereocenters. The Morgan fingerprint density at radius 3 is 2.52 bits per heavy atom. The topological polar surface area (TPSA) is 105 Å². The molecule has 0 unspecified atom stereocenters. The van der Waals surface area contributed by atoms with Crippen LogP contribution in [0.5, 0.6) is 5.75 Å². The smallest absolute Gasteiger partial charge is 0.270 e. The standard InChI is InChI=1S/C17H12BrN3O4/c1-25-14-5-2-11(3-6-14)8-12(10-19)17(22)20-16-7-4-13(21(23)24)9-15(16)18/h2-9H,1H3,(H,20,22)/b12-8-. The molecule has 0 fully saturated rings. The SMILES string of the molecule is COc1ccc(/C=C(/C#N)C(=O)Nc2ccc([N+](=O)[O-])cc2Br)cc1. The molecule has 0 saturated carbocycles. The Morgan fingerprint density at radius 2 is 2.00 bits per heavy atom. The third kappa shape index (κ3) is 4.65. The summed E-state index contributed by atoms with van der Waals surface area (Å²) in [5.74, 6) is 0.0443. The van der Waals surface area contributed by atoms with Crippen LogP contribution in [-0.2, 0) is 4.79 Å². The number of carbonyl (C=O) groups is 1. The number of hydrogen-bond donors (Lipinski definition) is 1. The van der Waals surface area contributed by atoms with E-state index in [4.69, 9.17) is 4.74 Å². The van der Waals surface area contributed by atoms with Crippen LogP contribution in [0.2, 0.25) is 0 Å². The Balaban J connectivity index is 2.21. The van der Waals surface area contributed by atoms with E-state index in [1.165, 1.54) is 24.3 Å². The number of nitro benzene ring substituents is 1. The van der Waals surface area contributed by atoms with Gasteiger partial charge in [0.2, 0.25) is 0 Å². The van der Waals surface area contributed by atoms with Crippen molar-refractivity contribution in [3.05, 3.63) is 68.2 Å². The molecule has 0 radical (unpaired) electrons. The van der Waals surface area contributed by atoms with E-state index in [0.29, 0.717) is 21.5 Å². The first kappa shape index (κ1) is 18.2. The minimum absolute atomic E-state index is 0.101. The van der Waals surface area contributed by atoms with Gasteiger partial charge in [-0.15, -0.1) is 0 Å². The van der Waals surface area contributed by atoms with Gasteiger partial charge in [-0.25, -0.2) is 0 Å². The Morgan fingerprint density at radius 1 is 1.32 bits per heavy atom. The lowest BCUT2D eigenvalue weighted by atomic mass is 10.1. The van der Waals surface area contributed by atoms with E-state index in [2.05, 4.69) is 21.2 Å². The predicted octanol–water partition coefficient (Wildman–Crippen LogP) is 3.91. The summed E-state index contributed by atoms with van der Waals surface area (Å²) in [6.07, 6.45) is 1.44. The number of methoxy groups -OCH3 is 1. The van der Waals surface area contributed by atoms with Crippen LogP contribution in [0, 0.1) is 21.4 Å². The number of ether oxygens (including phenoxy) is 1. The minimum atomic E-state index is -0.618. The maximum Gasteiger partial charge on any atom is 0.270 e. The van der Waals surface area contributed by atoms with Crippen LogP contribution in [0.4, 0.5) is 11.4 Å². The Labute approximate surface area is 151 Å². The van der Waals surface area contributed by atoms with Crippen molar-refractivity contribution < 1.29 is 14.5 Å². The van der Waals surface area contributed by atoms with Gasteiger partial charge >= 0.3 is 0 Å². The van der Waals surface area contributed by atoms with Gasteiger partial charge < -0.3 is 10.1 Å². The minimum Gasteiger partial charge on any atom is -0.497 e. The third-order valence-corrected chi connectivity index (χ3v) is 3.86. The number of anilines is 1. The molecule has 1 amide bonds. The van der Waals surface area contributed by atoms with Gasteiger partial charge in [0.15, 0.2) is 0 Å². The molecule has 0 saturated heterocycles. The van der Waals surface area contributed by atoms with Crippen molar-refractivity contribution in [1.82, 2.24) is 0 Å². The molecule has 0 bridgehead atoms. The largest absolute Gasteiger partial charge is 0.497 e. The first-order valence-electron chi connectivity index (χ1n) is 6.95. The monoisotopic (exact) mass is 401 g/mol. The highest BCUT2D eigenvalue weighted by Crippen LogP contribution is 2.27. The Kier molecular flexibility index (Phi) is 5.87. The number of benzene rings is 2. The fourth-order valence-corrected chi connectivity index (χ4v) is 2.39. The van der Waals surface area contributed by atoms with Crippen LogP contribution < -0.4 is 10.1 Å². The molecule has 0 aliphatic rings. The summed E-state index contributed by atoms with van der Waals surface area (Å²) < 4.78 is 5.39. The highest BCUT2D eigenvalue weighted by Gasteiger charge is 2.14. The predicted molar refractivity (Wildman–Crippen MR) is 96.0 cm³/mol. The first-order chi connectivity index (χ1) is 11.9. The zero-order valence-electron chi connectivity index (χ0n) is 13.0. The fraction of sp³-hybridized carbons (Fsp3) is 0.0588. The Bertz CT molecular complexity index is 886. The average Bonchev–Trinajstić information content (AvgIpc) is 2.61. The average molecular weight is 402 g/mol. The second-order valence-corrected chi connectivity index (χ2v) is 5.67. The summed E-state index contributed by atoms with van der Waals surface area (Å²) in [6.45, 7) is 0. The lowest BCUT2D eigenvalue weighted by Crippen LogP contribution is -2.13. The van der Waals surface area contributed by atoms with Gasteiger partial charge in [0.25, 0.3) is 11.6 Å². The molecule has 0 aromatic heterocycles. The molecule has 126 valence electrons. The van der Waals surface area contributed by atoms with Crippen LogP contribution in [-0.4, -0.2) is 17.9 Å². The van der Waals surface area contributed by atoms with Crippen LogP contribution >= 0.6 is 15.9 Å². The van der Waals surface area contributed by atoms with Gasteiger partial charge in [-0.3, -0.25) is 14.9 Å². The Hall–Kier alpha value is -3.18. The molecule has 2 rings (SSSR count). The fourth-order valence-electron chi connectivity index (χ4n) is 1.92. The van der Waals surface area contributed by atoms with Gasteiger partial charge in [-0.2, -0.15) is 5.26 Å². The molecule has 8 heteroatoms. The summed E-state index contributed by atoms with van der Waals surface area (Å²) in [5.41, 5.74) is 0.774. The van der Waals surface area contributed by atoms with Crippen LogP contribution in [0.25, 0.3) is 6.08 Å². The van der Waals surface area contributed by atoms with Crippen molar-refractivity contribution in [2.45, 2.75) is 0 Å². The number of nitro groups is 1. The van der Waals surface area contributed by atoms with Gasteiger partial charge in [-0.05, 0) is 45.8 Å². The van der Waals surface area contributed by atoms with E-state index in [1.54, 1.807) is 31.4 Å². The molecule has 7 nitrogen and oxygen atoms in total. The van der Waals surface area contributed by atoms with Crippen LogP contribution in [0.3, 0.4) is 0 Å². The second kappa shape index (κ2) is 8.08. The van der Waals surface area contributed by atoms with E-state index in [0.717, 1.165) is 0 Å². The van der Waals surface area contributed by atoms with E-state index < -0.39 is 10.8 Å². The molecule has 0 heterocycles. The zero-order valence-corrected chi connectivity index (χ0v) is 14.6. The lowest BCUT2D eigenvalue weighted by Gasteiger charge is -2.07. The summed E-state index contributed by atoms with van der Waals surface area (Å²) in [7, 11) is 1.54. The summed E-state index contributed by atoms with van der Waals surface area (Å²) in [5, 5.41) is 22.5. The highest BCUT2D eigenvalue weighted by molar-refractivity contribution is 9.10. The highest BCUT2D eigenvalue weighted by atomic mass is 79.9. The third-order valence-electron chi connectivity index (χ3n) is 3.20. The van der Waals surface area contributed by atoms with Crippen molar-refractivity contribution in [3.8, 4) is 11.8 Å². The molecular formula is C17H12BrN3O4. The molecule has 0 aliphatic carbocycles. The van der Waals surface area contributed by atoms with Gasteiger partial charge in [0, 0.05) is 16.6 Å². The zero-order chi connectivity index (χ0) is 18.4. The van der Waals surface area contributed by atoms with Crippen molar-refractivity contribution in [2.24, 2.45) is 0 Å². The maximum absolute atomic E-state index is 12.3. The van der Waals surface area contributed by atoms with E-state index in [9.17, 15) is 20.2 Å². The van der Waals surface area contributed by atoms with E-state index in [-0.39, 0.29) is 11.3 Å². The number of nitrogens with one attached hydrogen (secondary N) is 1. The van der Waals surface area contributed by atoms with Crippen molar-refractivity contribution in [3.63, 3.8) is 0 Å². The summed E-state index contributed by atoms with van der Waals surface area (Å²) in [6, 6.07) is 12.6. The van der Waals surface area contributed by atoms with Crippen LogP contribution in [0.15, 0.2) is 52.5 Å². The molecule has 25 heavy (non-hydrogen) atoms. The normalized spacial score (nSPS) is 10.7. The second-order valence-electron chi connectivity index (χ2n) is 4.82. The number of nitrogens with zero attached hydrogens (tertiary/aromatic N) is 2. The van der Waals surface area contributed by atoms with Gasteiger partial charge in [0.05, 0.1) is 17.7 Å². The molecule has 1 N–H and O–H groups in total. The lowest BCUT2D eigenvalue weighted by molar-refractivity contribution is -0.384. The molecule has 2 aromatic carbocycles. The quantitative estimate of drug-likeness (QED) is 0.353. The number of carbonyl (C=O) groups excluding carboxylic acids is 1. The molecular weight excluding hydrogens is 390 g/mol. The van der Waals surface area contributed by atoms with Crippen molar-refractivity contribution >= 4 is 39.3 Å².